The average molecular weight is 584 g/mol. The molecule has 0 atom stereocenters. The van der Waals surface area contributed by atoms with E-state index in [1.807, 2.05) is 19.1 Å². The first-order chi connectivity index (χ1) is 19.9. The maximum atomic E-state index is 13.4. The molecule has 11 heteroatoms. The van der Waals surface area contributed by atoms with Crippen LogP contribution in [0.25, 0.3) is 33.6 Å². The van der Waals surface area contributed by atoms with E-state index in [4.69, 9.17) is 4.42 Å². The maximum absolute atomic E-state index is 13.4. The van der Waals surface area contributed by atoms with Crippen LogP contribution in [-0.4, -0.2) is 43.2 Å². The first-order valence-corrected chi connectivity index (χ1v) is 12.9. The maximum Gasteiger partial charge on any atom is 0.389 e. The molecule has 6 nitrogen and oxygen atoms in total. The number of rotatable bonds is 10. The van der Waals surface area contributed by atoms with Crippen LogP contribution in [0, 0.1) is 23.7 Å². The summed E-state index contributed by atoms with van der Waals surface area (Å²) < 4.78 is 72.6. The quantitative estimate of drug-likeness (QED) is 0.156. The van der Waals surface area contributed by atoms with Gasteiger partial charge in [-0.25, -0.2) is 13.8 Å². The highest BCUT2D eigenvalue weighted by Crippen LogP contribution is 2.38. The summed E-state index contributed by atoms with van der Waals surface area (Å²) in [5.74, 6) is -1.03. The number of nitrogens with one attached hydrogen (secondary N) is 1. The van der Waals surface area contributed by atoms with Crippen LogP contribution in [-0.2, 0) is 6.42 Å². The van der Waals surface area contributed by atoms with Crippen LogP contribution in [0.1, 0.15) is 44.8 Å². The number of furan rings is 1. The molecule has 0 aliphatic heterocycles. The number of nitriles is 1. The Hall–Kier alpha value is -4.59. The molecule has 0 fully saturated rings. The minimum absolute atomic E-state index is 0.00922. The molecular formula is C31H26F5N3O3. The molecule has 1 amide bonds. The summed E-state index contributed by atoms with van der Waals surface area (Å²) in [6, 6.07) is 15.9. The lowest BCUT2D eigenvalue weighted by molar-refractivity contribution is -0.134. The number of hydrogen-bond donors (Lipinski definition) is 1. The van der Waals surface area contributed by atoms with Gasteiger partial charge in [-0.2, -0.15) is 18.4 Å². The third kappa shape index (κ3) is 6.33. The molecule has 0 aliphatic rings. The Bertz CT molecular complexity index is 1670. The van der Waals surface area contributed by atoms with Gasteiger partial charge in [-0.1, -0.05) is 48.0 Å². The number of carbonyl (C=O) groups excluding carboxylic acids is 2. The number of carbonyl (C=O) groups is 2. The molecule has 42 heavy (non-hydrogen) atoms. The summed E-state index contributed by atoms with van der Waals surface area (Å²) in [6.07, 6.45) is -6.93. The van der Waals surface area contributed by atoms with Crippen LogP contribution in [0.5, 0.6) is 0 Å². The molecule has 2 heterocycles. The van der Waals surface area contributed by atoms with Gasteiger partial charge in [0.25, 0.3) is 5.91 Å². The summed E-state index contributed by atoms with van der Waals surface area (Å²) in [5.41, 5.74) is 0.00599. The molecule has 4 rings (SSSR count). The second-order valence-corrected chi connectivity index (χ2v) is 10.0. The van der Waals surface area contributed by atoms with Crippen molar-refractivity contribution in [1.82, 2.24) is 10.3 Å². The molecule has 2 aromatic heterocycles. The lowest BCUT2D eigenvalue weighted by Crippen LogP contribution is -2.27. The number of aromatic nitrogens is 1. The Morgan fingerprint density at radius 1 is 1.02 bits per heavy atom. The van der Waals surface area contributed by atoms with E-state index in [0.29, 0.717) is 5.56 Å². The summed E-state index contributed by atoms with van der Waals surface area (Å²) >= 11 is 0. The second-order valence-electron chi connectivity index (χ2n) is 10.0. The third-order valence-corrected chi connectivity index (χ3v) is 6.92. The number of fused-ring (bicyclic) bond motifs is 1. The summed E-state index contributed by atoms with van der Waals surface area (Å²) in [6.45, 7) is -0.837. The molecule has 0 spiro atoms. The number of ketones is 1. The van der Waals surface area contributed by atoms with Crippen LogP contribution in [0.15, 0.2) is 59.0 Å². The molecule has 0 unspecified atom stereocenters. The third-order valence-electron chi connectivity index (χ3n) is 6.92. The fraction of sp³-hybridized carbons (Fsp3) is 0.290. The van der Waals surface area contributed by atoms with Gasteiger partial charge in [-0.3, -0.25) is 9.59 Å². The molecular weight excluding hydrogens is 557 g/mol. The minimum Gasteiger partial charge on any atom is -0.437 e. The highest BCUT2D eigenvalue weighted by Gasteiger charge is 2.34. The molecule has 0 saturated heterocycles. The van der Waals surface area contributed by atoms with Gasteiger partial charge in [-0.15, -0.1) is 0 Å². The van der Waals surface area contributed by atoms with Crippen molar-refractivity contribution >= 4 is 22.8 Å². The number of amides is 1. The number of benzene rings is 2. The van der Waals surface area contributed by atoms with Crippen LogP contribution >= 0.6 is 0 Å². The van der Waals surface area contributed by atoms with Gasteiger partial charge in [0, 0.05) is 36.6 Å². The summed E-state index contributed by atoms with van der Waals surface area (Å²) in [5, 5.41) is 12.0. The van der Waals surface area contributed by atoms with Gasteiger partial charge >= 0.3 is 6.18 Å². The van der Waals surface area contributed by atoms with E-state index < -0.39 is 55.9 Å². The molecule has 0 saturated carbocycles. The molecule has 0 aliphatic carbocycles. The lowest BCUT2D eigenvalue weighted by Gasteiger charge is -2.18. The lowest BCUT2D eigenvalue weighted by atomic mass is 9.85. The Morgan fingerprint density at radius 2 is 1.71 bits per heavy atom. The zero-order chi connectivity index (χ0) is 30.7. The van der Waals surface area contributed by atoms with Gasteiger partial charge in [-0.05, 0) is 31.0 Å². The van der Waals surface area contributed by atoms with Gasteiger partial charge in [0.2, 0.25) is 5.71 Å². The summed E-state index contributed by atoms with van der Waals surface area (Å²) in [7, 11) is 1.43. The van der Waals surface area contributed by atoms with E-state index in [1.54, 1.807) is 18.2 Å². The summed E-state index contributed by atoms with van der Waals surface area (Å²) in [4.78, 5) is 30.3. The van der Waals surface area contributed by atoms with Crippen molar-refractivity contribution in [1.29, 1.82) is 5.26 Å². The Balaban J connectivity index is 1.91. The SMILES string of the molecule is CNC(=O)c1c(-c2ccc(C)cc2)oc2nc(CCC(F)(F)F)c(-c3cccc(C(=O)CC(C#N)(CF)CF)c3)cc12. The topological polar surface area (TPSA) is 96.0 Å². The number of hydrogen-bond acceptors (Lipinski definition) is 5. The van der Waals surface area contributed by atoms with E-state index in [1.165, 1.54) is 37.4 Å². The number of halogens is 5. The molecule has 0 radical (unpaired) electrons. The molecule has 218 valence electrons. The minimum atomic E-state index is -4.49. The fourth-order valence-electron chi connectivity index (χ4n) is 4.52. The largest absolute Gasteiger partial charge is 0.437 e. The van der Waals surface area contributed by atoms with Crippen molar-refractivity contribution in [3.8, 4) is 28.5 Å². The van der Waals surface area contributed by atoms with Gasteiger partial charge in [0.05, 0.1) is 22.7 Å². The fourth-order valence-corrected chi connectivity index (χ4v) is 4.52. The van der Waals surface area contributed by atoms with Gasteiger partial charge in [0.1, 0.15) is 24.5 Å². The first kappa shape index (κ1) is 30.4. The molecule has 0 bridgehead atoms. The van der Waals surface area contributed by atoms with Gasteiger partial charge in [0.15, 0.2) is 5.78 Å². The molecule has 2 aromatic carbocycles. The molecule has 1 N–H and O–H groups in total. The Morgan fingerprint density at radius 3 is 2.31 bits per heavy atom. The average Bonchev–Trinajstić information content (AvgIpc) is 3.36. The van der Waals surface area contributed by atoms with Crippen molar-refractivity contribution in [2.75, 3.05) is 20.4 Å². The normalized spacial score (nSPS) is 11.9. The molecule has 4 aromatic rings. The smallest absolute Gasteiger partial charge is 0.389 e. The van der Waals surface area contributed by atoms with Crippen molar-refractivity contribution in [3.63, 3.8) is 0 Å². The first-order valence-electron chi connectivity index (χ1n) is 12.9. The number of alkyl halides is 5. The second kappa shape index (κ2) is 12.1. The van der Waals surface area contributed by atoms with Crippen molar-refractivity contribution in [3.05, 3.63) is 77.0 Å². The highest BCUT2D eigenvalue weighted by molar-refractivity contribution is 6.11. The standard InChI is InChI=1S/C31H26F5N3O3/c1-18-6-8-19(9-7-18)27-26(28(41)38-2)23-13-22(24(39-29(23)42-27)10-11-31(34,35)36)20-4-3-5-21(12-20)25(40)14-30(15-32,16-33)17-37/h3-9,12-13H,10-11,14-16H2,1-2H3,(H,38,41). The number of pyridine rings is 1. The van der Waals surface area contributed by atoms with E-state index in [9.17, 15) is 36.8 Å². The predicted molar refractivity (Wildman–Crippen MR) is 146 cm³/mol. The van der Waals surface area contributed by atoms with Crippen molar-refractivity contribution in [2.24, 2.45) is 5.41 Å². The van der Waals surface area contributed by atoms with Crippen LogP contribution in [0.4, 0.5) is 22.0 Å². The van der Waals surface area contributed by atoms with Crippen LogP contribution in [0.3, 0.4) is 0 Å². The Kier molecular flexibility index (Phi) is 8.75. The van der Waals surface area contributed by atoms with Crippen molar-refractivity contribution < 1.29 is 36.0 Å². The Labute approximate surface area is 238 Å². The number of nitrogens with zero attached hydrogens (tertiary/aromatic N) is 2. The number of Topliss-reactive ketones (excluding diaryl/α,β-unsaturated/α-hetero) is 1. The van der Waals surface area contributed by atoms with E-state index in [0.717, 1.165) is 5.56 Å². The monoisotopic (exact) mass is 583 g/mol. The van der Waals surface area contributed by atoms with Crippen molar-refractivity contribution in [2.45, 2.75) is 32.4 Å². The number of aryl methyl sites for hydroxylation is 2. The zero-order valence-corrected chi connectivity index (χ0v) is 22.7. The van der Waals surface area contributed by atoms with E-state index in [2.05, 4.69) is 10.3 Å². The highest BCUT2D eigenvalue weighted by atomic mass is 19.4. The van der Waals surface area contributed by atoms with E-state index >= 15 is 0 Å². The van der Waals surface area contributed by atoms with E-state index in [-0.39, 0.29) is 44.8 Å². The van der Waals surface area contributed by atoms with Crippen LogP contribution < -0.4 is 5.32 Å². The van der Waals surface area contributed by atoms with Gasteiger partial charge < -0.3 is 9.73 Å². The van der Waals surface area contributed by atoms with Crippen LogP contribution in [0.2, 0.25) is 0 Å². The predicted octanol–water partition coefficient (Wildman–Crippen LogP) is 7.35. The zero-order valence-electron chi connectivity index (χ0n) is 22.7.